The van der Waals surface area contributed by atoms with Gasteiger partial charge in [0.15, 0.2) is 0 Å². The number of hydrogen-bond acceptors (Lipinski definition) is 5. The number of pyridine rings is 1. The molecule has 2 aromatic heterocycles. The average molecular weight is 546 g/mol. The number of nitrogens with two attached hydrogens (primary N) is 1. The quantitative estimate of drug-likeness (QED) is 0.397. The second-order valence-electron chi connectivity index (χ2n) is 10.0. The Morgan fingerprint density at radius 3 is 2.45 bits per heavy atom. The summed E-state index contributed by atoms with van der Waals surface area (Å²) in [5, 5.41) is 3.96. The van der Waals surface area contributed by atoms with Crippen molar-refractivity contribution in [3.05, 3.63) is 88.2 Å². The van der Waals surface area contributed by atoms with E-state index in [0.29, 0.717) is 58.1 Å². The minimum atomic E-state index is -2.85. The van der Waals surface area contributed by atoms with Crippen molar-refractivity contribution in [2.24, 2.45) is 12.8 Å². The molecule has 3 heterocycles. The minimum Gasteiger partial charge on any atom is -0.366 e. The lowest BCUT2D eigenvalue weighted by molar-refractivity contribution is 0.0999. The number of alkyl halides is 2. The molecule has 4 aromatic rings. The summed E-state index contributed by atoms with van der Waals surface area (Å²) in [4.78, 5) is 45.1. The molecule has 2 aliphatic rings. The maximum Gasteiger partial charge on any atom is 0.350 e. The van der Waals surface area contributed by atoms with Crippen LogP contribution in [-0.2, 0) is 7.05 Å². The number of urea groups is 1. The number of hydrogen-bond donors (Lipinski definition) is 1. The van der Waals surface area contributed by atoms with Crippen LogP contribution < -0.4 is 21.2 Å². The van der Waals surface area contributed by atoms with Gasteiger partial charge in [0, 0.05) is 44.0 Å². The Balaban J connectivity index is 1.38. The zero-order chi connectivity index (χ0) is 28.3. The van der Waals surface area contributed by atoms with Crippen molar-refractivity contribution in [1.82, 2.24) is 19.3 Å². The standard InChI is InChI=1S/C28H25F2N7O3/c1-16-20(21-7-6-19(37-15-33-34(2)26(37)39)13-22(21)23-14-28(23,29)30)8-9-32-25(16)36-11-10-35(27(36)40)18-5-3-4-17(12-18)24(31)38/h3-9,12-13,15,23H,10-11,14H2,1-2H3,(H2,31,38). The molecule has 2 fully saturated rings. The Kier molecular flexibility index (Phi) is 5.79. The third-order valence-corrected chi connectivity index (χ3v) is 7.51. The molecule has 2 N–H and O–H groups in total. The molecule has 6 rings (SSSR count). The van der Waals surface area contributed by atoms with Gasteiger partial charge in [-0.15, -0.1) is 0 Å². The summed E-state index contributed by atoms with van der Waals surface area (Å²) in [5.74, 6) is -4.02. The Bertz CT molecular complexity index is 1750. The Labute approximate surface area is 227 Å². The first-order valence-corrected chi connectivity index (χ1v) is 12.6. The number of aromatic nitrogens is 4. The first-order valence-electron chi connectivity index (χ1n) is 12.6. The van der Waals surface area contributed by atoms with E-state index in [1.807, 2.05) is 0 Å². The third-order valence-electron chi connectivity index (χ3n) is 7.51. The van der Waals surface area contributed by atoms with Crippen molar-refractivity contribution in [2.75, 3.05) is 22.9 Å². The molecule has 0 bridgehead atoms. The van der Waals surface area contributed by atoms with Gasteiger partial charge in [-0.25, -0.2) is 32.6 Å². The highest BCUT2D eigenvalue weighted by Gasteiger charge is 2.58. The predicted octanol–water partition coefficient (Wildman–Crippen LogP) is 3.61. The molecular weight excluding hydrogens is 520 g/mol. The maximum atomic E-state index is 14.4. The van der Waals surface area contributed by atoms with Crippen LogP contribution in [0, 0.1) is 6.92 Å². The third kappa shape index (κ3) is 4.12. The first kappa shape index (κ1) is 25.4. The van der Waals surface area contributed by atoms with Gasteiger partial charge >= 0.3 is 11.7 Å². The lowest BCUT2D eigenvalue weighted by Gasteiger charge is -2.22. The second-order valence-corrected chi connectivity index (χ2v) is 10.0. The number of carbonyl (C=O) groups is 2. The van der Waals surface area contributed by atoms with E-state index < -0.39 is 17.7 Å². The molecular formula is C28H25F2N7O3. The number of carbonyl (C=O) groups excluding carboxylic acids is 2. The number of rotatable bonds is 6. The summed E-state index contributed by atoms with van der Waals surface area (Å²) < 4.78 is 31.2. The molecule has 2 aromatic carbocycles. The number of nitrogens with zero attached hydrogens (tertiary/aromatic N) is 6. The minimum absolute atomic E-state index is 0.285. The smallest absolute Gasteiger partial charge is 0.350 e. The van der Waals surface area contributed by atoms with Crippen LogP contribution in [0.4, 0.5) is 25.1 Å². The van der Waals surface area contributed by atoms with Gasteiger partial charge in [-0.1, -0.05) is 12.1 Å². The number of halogens is 2. The SMILES string of the molecule is Cc1c(-c2ccc(-n3cnn(C)c3=O)cc2C2CC2(F)F)ccnc1N1CCN(c2cccc(C(N)=O)c2)C1=O. The summed E-state index contributed by atoms with van der Waals surface area (Å²) >= 11 is 0. The van der Waals surface area contributed by atoms with E-state index in [-0.39, 0.29) is 18.1 Å². The highest BCUT2D eigenvalue weighted by atomic mass is 19.3. The van der Waals surface area contributed by atoms with Gasteiger partial charge in [0.05, 0.1) is 11.6 Å². The molecule has 12 heteroatoms. The molecule has 10 nitrogen and oxygen atoms in total. The summed E-state index contributed by atoms with van der Waals surface area (Å²) in [7, 11) is 1.51. The normalized spacial score (nSPS) is 17.9. The second kappa shape index (κ2) is 9.11. The highest BCUT2D eigenvalue weighted by Crippen LogP contribution is 2.58. The van der Waals surface area contributed by atoms with E-state index in [4.69, 9.17) is 5.73 Å². The number of aryl methyl sites for hydroxylation is 1. The van der Waals surface area contributed by atoms with Crippen molar-refractivity contribution < 1.29 is 18.4 Å². The first-order chi connectivity index (χ1) is 19.1. The van der Waals surface area contributed by atoms with Gasteiger partial charge in [0.2, 0.25) is 5.91 Å². The van der Waals surface area contributed by atoms with Crippen LogP contribution in [-0.4, -0.2) is 50.3 Å². The number of amides is 3. The van der Waals surface area contributed by atoms with Crippen molar-refractivity contribution in [2.45, 2.75) is 25.2 Å². The molecule has 1 saturated heterocycles. The van der Waals surface area contributed by atoms with Gasteiger partial charge in [0.1, 0.15) is 12.1 Å². The number of anilines is 2. The van der Waals surface area contributed by atoms with Crippen LogP contribution in [0.5, 0.6) is 0 Å². The van der Waals surface area contributed by atoms with E-state index in [1.54, 1.807) is 61.7 Å². The van der Waals surface area contributed by atoms with Crippen molar-refractivity contribution in [3.63, 3.8) is 0 Å². The van der Waals surface area contributed by atoms with Gasteiger partial charge in [-0.2, -0.15) is 5.10 Å². The van der Waals surface area contributed by atoms with Crippen molar-refractivity contribution >= 4 is 23.4 Å². The molecule has 1 atom stereocenters. The van der Waals surface area contributed by atoms with Gasteiger partial charge in [-0.05, 0) is 65.6 Å². The van der Waals surface area contributed by atoms with E-state index in [0.717, 1.165) is 0 Å². The largest absolute Gasteiger partial charge is 0.366 e. The fourth-order valence-corrected chi connectivity index (χ4v) is 5.23. The topological polar surface area (TPSA) is 119 Å². The molecule has 204 valence electrons. The zero-order valence-electron chi connectivity index (χ0n) is 21.7. The summed E-state index contributed by atoms with van der Waals surface area (Å²) in [5.41, 5.74) is 8.60. The molecule has 0 radical (unpaired) electrons. The van der Waals surface area contributed by atoms with E-state index >= 15 is 0 Å². The Morgan fingerprint density at radius 1 is 1.02 bits per heavy atom. The zero-order valence-corrected chi connectivity index (χ0v) is 21.7. The fraction of sp³-hybridized carbons (Fsp3) is 0.250. The van der Waals surface area contributed by atoms with Crippen molar-refractivity contribution in [3.8, 4) is 16.8 Å². The van der Waals surface area contributed by atoms with Crippen LogP contribution in [0.25, 0.3) is 16.8 Å². The van der Waals surface area contributed by atoms with Gasteiger partial charge in [0.25, 0.3) is 5.92 Å². The molecule has 40 heavy (non-hydrogen) atoms. The lowest BCUT2D eigenvalue weighted by Crippen LogP contribution is -2.32. The lowest BCUT2D eigenvalue weighted by atomic mass is 9.93. The monoisotopic (exact) mass is 545 g/mol. The average Bonchev–Trinajstić information content (AvgIpc) is 3.21. The molecule has 3 amide bonds. The summed E-state index contributed by atoms with van der Waals surface area (Å²) in [6.45, 7) is 2.50. The molecule has 1 aliphatic heterocycles. The molecule has 1 saturated carbocycles. The molecule has 0 spiro atoms. The summed E-state index contributed by atoms with van der Waals surface area (Å²) in [6, 6.07) is 13.0. The van der Waals surface area contributed by atoms with E-state index in [9.17, 15) is 23.2 Å². The van der Waals surface area contributed by atoms with Gasteiger partial charge < -0.3 is 5.73 Å². The highest BCUT2D eigenvalue weighted by molar-refractivity contribution is 6.07. The predicted molar refractivity (Wildman–Crippen MR) is 144 cm³/mol. The van der Waals surface area contributed by atoms with Crippen LogP contribution in [0.1, 0.15) is 33.8 Å². The van der Waals surface area contributed by atoms with E-state index in [2.05, 4.69) is 10.1 Å². The van der Waals surface area contributed by atoms with Crippen LogP contribution >= 0.6 is 0 Å². The van der Waals surface area contributed by atoms with Crippen LogP contribution in [0.2, 0.25) is 0 Å². The Morgan fingerprint density at radius 2 is 1.77 bits per heavy atom. The fourth-order valence-electron chi connectivity index (χ4n) is 5.23. The Hall–Kier alpha value is -4.87. The van der Waals surface area contributed by atoms with E-state index in [1.165, 1.54) is 32.4 Å². The van der Waals surface area contributed by atoms with Gasteiger partial charge in [-0.3, -0.25) is 14.6 Å². The number of primary amides is 1. The molecule has 1 aliphatic carbocycles. The molecule has 1 unspecified atom stereocenters. The van der Waals surface area contributed by atoms with Crippen molar-refractivity contribution in [1.29, 1.82) is 0 Å². The van der Waals surface area contributed by atoms with Crippen LogP contribution in [0.3, 0.4) is 0 Å². The van der Waals surface area contributed by atoms with Crippen LogP contribution in [0.15, 0.2) is 65.8 Å². The maximum absolute atomic E-state index is 14.4. The number of benzene rings is 2. The summed E-state index contributed by atoms with van der Waals surface area (Å²) in [6.07, 6.45) is 2.62.